The third-order valence-electron chi connectivity index (χ3n) is 6.04. The summed E-state index contributed by atoms with van der Waals surface area (Å²) in [6.07, 6.45) is 9.15. The number of benzene rings is 2. The minimum Gasteiger partial charge on any atom is -0.359 e. The number of hydrogen-bond acceptors (Lipinski definition) is 3. The maximum atomic E-state index is 4.93. The second kappa shape index (κ2) is 6.56. The van der Waals surface area contributed by atoms with E-state index in [2.05, 4.69) is 97.9 Å². The molecule has 0 radical (unpaired) electrons. The maximum absolute atomic E-state index is 4.93. The van der Waals surface area contributed by atoms with E-state index in [-0.39, 0.29) is 0 Å². The van der Waals surface area contributed by atoms with Gasteiger partial charge in [-0.05, 0) is 50.3 Å². The summed E-state index contributed by atoms with van der Waals surface area (Å²) >= 11 is 1.85. The number of rotatable bonds is 1. The predicted molar refractivity (Wildman–Crippen MR) is 120 cm³/mol. The lowest BCUT2D eigenvalue weighted by Crippen LogP contribution is -2.38. The molecule has 3 nitrogen and oxygen atoms in total. The van der Waals surface area contributed by atoms with Gasteiger partial charge in [0.25, 0.3) is 0 Å². The van der Waals surface area contributed by atoms with Crippen molar-refractivity contribution in [1.29, 1.82) is 0 Å². The summed E-state index contributed by atoms with van der Waals surface area (Å²) in [4.78, 5) is 8.64. The van der Waals surface area contributed by atoms with Crippen molar-refractivity contribution in [3.8, 4) is 10.6 Å². The average molecular weight is 389 g/mol. The van der Waals surface area contributed by atoms with E-state index in [1.165, 1.54) is 20.6 Å². The van der Waals surface area contributed by atoms with Crippen LogP contribution < -0.4 is 14.8 Å². The van der Waals surface area contributed by atoms with Crippen LogP contribution in [0.1, 0.15) is 27.7 Å². The lowest BCUT2D eigenvalue weighted by Gasteiger charge is -2.29. The smallest absolute Gasteiger partial charge is 0.202 e. The van der Waals surface area contributed by atoms with Crippen LogP contribution in [0, 0.1) is 0 Å². The monoisotopic (exact) mass is 388 g/mol. The third-order valence-corrected chi connectivity index (χ3v) is 7.13. The quantitative estimate of drug-likeness (QED) is 0.343. The Morgan fingerprint density at radius 3 is 2.29 bits per heavy atom. The van der Waals surface area contributed by atoms with Gasteiger partial charge in [0.1, 0.15) is 0 Å². The minimum atomic E-state index is 0.433. The predicted octanol–water partition coefficient (Wildman–Crippen LogP) is 4.67. The summed E-state index contributed by atoms with van der Waals surface area (Å²) in [6.45, 7) is 9.02. The van der Waals surface area contributed by atoms with Crippen molar-refractivity contribution in [3.05, 3.63) is 66.1 Å². The van der Waals surface area contributed by atoms with Crippen LogP contribution >= 0.6 is 11.3 Å². The largest absolute Gasteiger partial charge is 0.359 e. The molecule has 0 N–H and O–H groups in total. The molecule has 0 saturated heterocycles. The normalized spacial score (nSPS) is 26.9. The molecule has 0 fully saturated rings. The fourth-order valence-electron chi connectivity index (χ4n) is 4.62. The molecular weight excluding hydrogens is 362 g/mol. The Kier molecular flexibility index (Phi) is 4.13. The second-order valence-corrected chi connectivity index (χ2v) is 9.15. The molecular formula is C24H26N3S+. The molecule has 1 aliphatic carbocycles. The highest BCUT2D eigenvalue weighted by Crippen LogP contribution is 2.34. The molecule has 0 amide bonds. The summed E-state index contributed by atoms with van der Waals surface area (Å²) in [6, 6.07) is 15.1. The highest BCUT2D eigenvalue weighted by Gasteiger charge is 2.26. The molecule has 4 aliphatic rings. The lowest BCUT2D eigenvalue weighted by atomic mass is 10.2. The van der Waals surface area contributed by atoms with Gasteiger partial charge in [-0.25, -0.2) is 9.56 Å². The van der Waals surface area contributed by atoms with Crippen molar-refractivity contribution in [2.24, 2.45) is 0 Å². The SMILES string of the molecule is CC1C=CC(C)N1c1ccc2nc3ccc(=[N+]4C(C)C=CC4C)cc-3sc2c1. The number of aromatic nitrogens is 1. The van der Waals surface area contributed by atoms with E-state index in [0.717, 1.165) is 11.2 Å². The van der Waals surface area contributed by atoms with Crippen LogP contribution in [-0.2, 0) is 0 Å². The molecule has 4 unspecified atom stereocenters. The van der Waals surface area contributed by atoms with Gasteiger partial charge in [0, 0.05) is 43.8 Å². The van der Waals surface area contributed by atoms with Crippen LogP contribution in [0.4, 0.5) is 5.69 Å². The number of nitrogens with zero attached hydrogens (tertiary/aromatic N) is 3. The fourth-order valence-corrected chi connectivity index (χ4v) is 5.65. The zero-order valence-electron chi connectivity index (χ0n) is 16.8. The third kappa shape index (κ3) is 2.78. The molecule has 5 rings (SSSR count). The van der Waals surface area contributed by atoms with Crippen molar-refractivity contribution < 1.29 is 0 Å². The molecule has 28 heavy (non-hydrogen) atoms. The zero-order valence-corrected chi connectivity index (χ0v) is 17.6. The summed E-state index contributed by atoms with van der Waals surface area (Å²) < 4.78 is 3.71. The summed E-state index contributed by atoms with van der Waals surface area (Å²) in [7, 11) is 0. The van der Waals surface area contributed by atoms with Gasteiger partial charge >= 0.3 is 0 Å². The van der Waals surface area contributed by atoms with Gasteiger partial charge in [-0.15, -0.1) is 11.3 Å². The fraction of sp³-hybridized carbons (Fsp3) is 0.333. The van der Waals surface area contributed by atoms with Crippen molar-refractivity contribution in [1.82, 2.24) is 9.56 Å². The van der Waals surface area contributed by atoms with Crippen molar-refractivity contribution in [3.63, 3.8) is 0 Å². The number of hydrogen-bond donors (Lipinski definition) is 0. The van der Waals surface area contributed by atoms with Gasteiger partial charge in [0.05, 0.1) is 20.8 Å². The first-order chi connectivity index (χ1) is 13.5. The number of fused-ring (bicyclic) bond motifs is 2. The molecule has 142 valence electrons. The Morgan fingerprint density at radius 2 is 1.57 bits per heavy atom. The second-order valence-electron chi connectivity index (χ2n) is 8.06. The number of anilines is 1. The molecule has 4 heteroatoms. The maximum Gasteiger partial charge on any atom is 0.202 e. The van der Waals surface area contributed by atoms with Crippen molar-refractivity contribution in [2.45, 2.75) is 51.9 Å². The highest BCUT2D eigenvalue weighted by molar-refractivity contribution is 7.21. The van der Waals surface area contributed by atoms with Crippen molar-refractivity contribution in [2.75, 3.05) is 4.90 Å². The van der Waals surface area contributed by atoms with E-state index in [1.54, 1.807) is 0 Å². The van der Waals surface area contributed by atoms with Crippen molar-refractivity contribution >= 4 is 27.2 Å². The van der Waals surface area contributed by atoms with E-state index in [9.17, 15) is 0 Å². The minimum absolute atomic E-state index is 0.433. The molecule has 1 aromatic carbocycles. The van der Waals surface area contributed by atoms with E-state index in [4.69, 9.17) is 4.98 Å². The summed E-state index contributed by atoms with van der Waals surface area (Å²) in [5.41, 5.74) is 3.43. The van der Waals surface area contributed by atoms with Crippen LogP contribution in [0.3, 0.4) is 0 Å². The molecule has 0 saturated carbocycles. The summed E-state index contributed by atoms with van der Waals surface area (Å²) in [5, 5.41) is 1.28. The van der Waals surface area contributed by atoms with Gasteiger partial charge in [0.15, 0.2) is 12.1 Å². The van der Waals surface area contributed by atoms with E-state index in [1.807, 2.05) is 11.3 Å². The average Bonchev–Trinajstić information content (AvgIpc) is 3.20. The van der Waals surface area contributed by atoms with Gasteiger partial charge in [-0.2, -0.15) is 0 Å². The zero-order chi connectivity index (χ0) is 19.4. The van der Waals surface area contributed by atoms with Gasteiger partial charge in [0.2, 0.25) is 5.36 Å². The van der Waals surface area contributed by atoms with E-state index in [0.29, 0.717) is 24.2 Å². The Hall–Kier alpha value is -2.46. The van der Waals surface area contributed by atoms with Crippen LogP contribution in [0.15, 0.2) is 60.7 Å². The Morgan fingerprint density at radius 1 is 0.857 bits per heavy atom. The highest BCUT2D eigenvalue weighted by atomic mass is 32.1. The van der Waals surface area contributed by atoms with Crippen LogP contribution in [0.5, 0.6) is 0 Å². The van der Waals surface area contributed by atoms with Crippen LogP contribution in [0.2, 0.25) is 0 Å². The first-order valence-corrected chi connectivity index (χ1v) is 10.9. The van der Waals surface area contributed by atoms with Gasteiger partial charge in [-0.3, -0.25) is 0 Å². The van der Waals surface area contributed by atoms with E-state index < -0.39 is 0 Å². The first-order valence-electron chi connectivity index (χ1n) is 10.1. The van der Waals surface area contributed by atoms with Gasteiger partial charge < -0.3 is 4.90 Å². The van der Waals surface area contributed by atoms with Crippen LogP contribution in [-0.4, -0.2) is 29.2 Å². The molecule has 3 aliphatic heterocycles. The standard InChI is InChI=1S/C24H26N3S/c1-15-5-6-16(2)26(15)19-9-11-21-23(13-19)28-24-14-20(10-12-22(24)25-21)27-17(3)7-8-18(27)4/h5-18H,1-4H3/q+1. The molecule has 3 heterocycles. The first kappa shape index (κ1) is 17.6. The van der Waals surface area contributed by atoms with E-state index >= 15 is 0 Å². The molecule has 0 bridgehead atoms. The van der Waals surface area contributed by atoms with Gasteiger partial charge in [-0.1, -0.05) is 12.2 Å². The molecule has 0 spiro atoms. The lowest BCUT2D eigenvalue weighted by molar-refractivity contribution is 0.514. The molecule has 0 aromatic heterocycles. The Labute approximate surface area is 170 Å². The Balaban J connectivity index is 1.65. The molecule has 4 atom stereocenters. The topological polar surface area (TPSA) is 19.1 Å². The Bertz CT molecular complexity index is 1130. The molecule has 1 aromatic rings. The van der Waals surface area contributed by atoms with Crippen LogP contribution in [0.25, 0.3) is 20.8 Å². The summed E-state index contributed by atoms with van der Waals surface area (Å²) in [5.74, 6) is 0.